The quantitative estimate of drug-likeness (QED) is 0.513. The van der Waals surface area contributed by atoms with Gasteiger partial charge in [-0.2, -0.15) is 0 Å². The van der Waals surface area contributed by atoms with Crippen LogP contribution in [0.2, 0.25) is 0 Å². The number of ether oxygens (including phenoxy) is 2. The lowest BCUT2D eigenvalue weighted by atomic mass is 10.2. The Morgan fingerprint density at radius 1 is 1.67 bits per heavy atom. The zero-order valence-electron chi connectivity index (χ0n) is 5.47. The van der Waals surface area contributed by atoms with Gasteiger partial charge in [-0.15, -0.1) is 0 Å². The summed E-state index contributed by atoms with van der Waals surface area (Å²) in [6.07, 6.45) is 2.60. The second-order valence-corrected chi connectivity index (χ2v) is 3.37. The summed E-state index contributed by atoms with van der Waals surface area (Å²) in [6.45, 7) is 0.896. The van der Waals surface area contributed by atoms with Crippen molar-refractivity contribution in [3.05, 3.63) is 0 Å². The maximum Gasteiger partial charge on any atom is 0.134 e. The third-order valence-corrected chi connectivity index (χ3v) is 2.67. The lowest BCUT2D eigenvalue weighted by molar-refractivity contribution is -0.0396. The molecule has 54 valence electrons. The summed E-state index contributed by atoms with van der Waals surface area (Å²) in [6, 6.07) is 0. The van der Waals surface area contributed by atoms with Crippen molar-refractivity contribution in [2.75, 3.05) is 13.7 Å². The molecular formula is C6H11IO2. The maximum atomic E-state index is 5.34. The van der Waals surface area contributed by atoms with Gasteiger partial charge in [0.1, 0.15) is 4.11 Å². The number of rotatable bonds is 1. The van der Waals surface area contributed by atoms with Gasteiger partial charge in [0.2, 0.25) is 0 Å². The number of alkyl halides is 1. The van der Waals surface area contributed by atoms with Crippen LogP contribution in [0.5, 0.6) is 0 Å². The third kappa shape index (κ3) is 2.05. The number of hydrogen-bond acceptors (Lipinski definition) is 2. The zero-order valence-corrected chi connectivity index (χ0v) is 7.63. The molecule has 0 amide bonds. The van der Waals surface area contributed by atoms with Crippen LogP contribution in [0, 0.1) is 0 Å². The molecule has 0 aromatic rings. The van der Waals surface area contributed by atoms with Crippen LogP contribution in [0.15, 0.2) is 0 Å². The van der Waals surface area contributed by atoms with Crippen molar-refractivity contribution in [1.29, 1.82) is 0 Å². The minimum absolute atomic E-state index is 0.265. The predicted molar refractivity (Wildman–Crippen MR) is 43.8 cm³/mol. The van der Waals surface area contributed by atoms with Gasteiger partial charge in [-0.05, 0) is 35.4 Å². The molecule has 0 bridgehead atoms. The Labute approximate surface area is 69.0 Å². The van der Waals surface area contributed by atoms with Crippen molar-refractivity contribution in [2.24, 2.45) is 0 Å². The number of halogens is 1. The average molecular weight is 242 g/mol. The molecule has 3 heteroatoms. The molecule has 0 N–H and O–H groups in total. The summed E-state index contributed by atoms with van der Waals surface area (Å²) >= 11 is 2.27. The lowest BCUT2D eigenvalue weighted by Gasteiger charge is -2.26. The van der Waals surface area contributed by atoms with Crippen molar-refractivity contribution < 1.29 is 9.47 Å². The van der Waals surface area contributed by atoms with Gasteiger partial charge in [0.05, 0.1) is 6.10 Å². The summed E-state index contributed by atoms with van der Waals surface area (Å²) in [5.41, 5.74) is 0. The molecule has 0 spiro atoms. The van der Waals surface area contributed by atoms with E-state index in [4.69, 9.17) is 9.47 Å². The molecule has 0 radical (unpaired) electrons. The van der Waals surface area contributed by atoms with Crippen molar-refractivity contribution in [1.82, 2.24) is 0 Å². The van der Waals surface area contributed by atoms with Crippen LogP contribution >= 0.6 is 22.6 Å². The molecule has 1 saturated heterocycles. The summed E-state index contributed by atoms with van der Waals surface area (Å²) in [4.78, 5) is 0. The first-order valence-electron chi connectivity index (χ1n) is 3.13. The zero-order chi connectivity index (χ0) is 6.69. The molecule has 9 heavy (non-hydrogen) atoms. The SMILES string of the molecule is CO[C@@H]1CCCO[C@H]1I. The molecule has 1 fully saturated rings. The van der Waals surface area contributed by atoms with E-state index in [0.29, 0.717) is 6.10 Å². The van der Waals surface area contributed by atoms with Crippen molar-refractivity contribution in [3.8, 4) is 0 Å². The standard InChI is InChI=1S/C6H11IO2/c1-8-5-3-2-4-9-6(5)7/h5-6H,2-4H2,1H3/t5-,6-/m1/s1. The van der Waals surface area contributed by atoms with E-state index >= 15 is 0 Å². The minimum atomic E-state index is 0.265. The van der Waals surface area contributed by atoms with Crippen molar-refractivity contribution in [2.45, 2.75) is 23.1 Å². The van der Waals surface area contributed by atoms with Gasteiger partial charge in [0.25, 0.3) is 0 Å². The van der Waals surface area contributed by atoms with Crippen molar-refractivity contribution >= 4 is 22.6 Å². The molecule has 1 aliphatic heterocycles. The van der Waals surface area contributed by atoms with E-state index in [2.05, 4.69) is 22.6 Å². The van der Waals surface area contributed by atoms with Crippen LogP contribution < -0.4 is 0 Å². The predicted octanol–water partition coefficient (Wildman–Crippen LogP) is 1.57. The van der Waals surface area contributed by atoms with Crippen LogP contribution in [0.1, 0.15) is 12.8 Å². The second kappa shape index (κ2) is 3.73. The first kappa shape index (κ1) is 7.75. The fourth-order valence-electron chi connectivity index (χ4n) is 0.944. The van der Waals surface area contributed by atoms with E-state index in [-0.39, 0.29) is 4.11 Å². The molecule has 0 aromatic heterocycles. The molecular weight excluding hydrogens is 231 g/mol. The van der Waals surface area contributed by atoms with Crippen LogP contribution in [0.3, 0.4) is 0 Å². The van der Waals surface area contributed by atoms with E-state index < -0.39 is 0 Å². The molecule has 1 rings (SSSR count). The van der Waals surface area contributed by atoms with Gasteiger partial charge in [0, 0.05) is 13.7 Å². The van der Waals surface area contributed by atoms with Crippen LogP contribution in [-0.4, -0.2) is 23.9 Å². The maximum absolute atomic E-state index is 5.34. The van der Waals surface area contributed by atoms with Gasteiger partial charge in [-0.1, -0.05) is 0 Å². The monoisotopic (exact) mass is 242 g/mol. The summed E-state index contributed by atoms with van der Waals surface area (Å²) < 4.78 is 10.8. The second-order valence-electron chi connectivity index (χ2n) is 2.14. The van der Waals surface area contributed by atoms with Crippen LogP contribution in [-0.2, 0) is 9.47 Å². The fourth-order valence-corrected chi connectivity index (χ4v) is 1.85. The van der Waals surface area contributed by atoms with Gasteiger partial charge in [0.15, 0.2) is 0 Å². The minimum Gasteiger partial charge on any atom is -0.378 e. The molecule has 1 heterocycles. The van der Waals surface area contributed by atoms with E-state index in [1.807, 2.05) is 0 Å². The highest BCUT2D eigenvalue weighted by Crippen LogP contribution is 2.20. The van der Waals surface area contributed by atoms with Gasteiger partial charge < -0.3 is 9.47 Å². The van der Waals surface area contributed by atoms with Gasteiger partial charge in [-0.3, -0.25) is 0 Å². The topological polar surface area (TPSA) is 18.5 Å². The molecule has 0 saturated carbocycles. The van der Waals surface area contributed by atoms with Crippen LogP contribution in [0.25, 0.3) is 0 Å². The molecule has 0 aromatic carbocycles. The van der Waals surface area contributed by atoms with Crippen LogP contribution in [0.4, 0.5) is 0 Å². The Morgan fingerprint density at radius 2 is 2.44 bits per heavy atom. The van der Waals surface area contributed by atoms with Gasteiger partial charge in [-0.25, -0.2) is 0 Å². The van der Waals surface area contributed by atoms with Gasteiger partial charge >= 0.3 is 0 Å². The summed E-state index contributed by atoms with van der Waals surface area (Å²) in [5, 5.41) is 0. The van der Waals surface area contributed by atoms with Crippen molar-refractivity contribution in [3.63, 3.8) is 0 Å². The highest BCUT2D eigenvalue weighted by atomic mass is 127. The first-order valence-corrected chi connectivity index (χ1v) is 4.37. The smallest absolute Gasteiger partial charge is 0.134 e. The van der Waals surface area contributed by atoms with E-state index in [0.717, 1.165) is 19.4 Å². The average Bonchev–Trinajstić information content (AvgIpc) is 1.89. The first-order chi connectivity index (χ1) is 4.34. The molecule has 1 aliphatic rings. The Kier molecular flexibility index (Phi) is 3.21. The molecule has 0 unspecified atom stereocenters. The summed E-state index contributed by atoms with van der Waals surface area (Å²) in [5.74, 6) is 0. The number of hydrogen-bond donors (Lipinski definition) is 0. The highest BCUT2D eigenvalue weighted by Gasteiger charge is 2.22. The number of methoxy groups -OCH3 is 1. The highest BCUT2D eigenvalue weighted by molar-refractivity contribution is 14.1. The Morgan fingerprint density at radius 3 is 2.89 bits per heavy atom. The normalized spacial score (nSPS) is 36.7. The van der Waals surface area contributed by atoms with E-state index in [9.17, 15) is 0 Å². The third-order valence-electron chi connectivity index (χ3n) is 1.51. The molecule has 0 aliphatic carbocycles. The largest absolute Gasteiger partial charge is 0.378 e. The molecule has 2 nitrogen and oxygen atoms in total. The van der Waals surface area contributed by atoms with E-state index in [1.165, 1.54) is 0 Å². The van der Waals surface area contributed by atoms with E-state index in [1.54, 1.807) is 7.11 Å². The molecule has 2 atom stereocenters. The Balaban J connectivity index is 2.30. The lowest BCUT2D eigenvalue weighted by Crippen LogP contribution is -2.30. The Bertz CT molecular complexity index is 87.1. The fraction of sp³-hybridized carbons (Fsp3) is 1.00. The Hall–Kier alpha value is 0.650. The summed E-state index contributed by atoms with van der Waals surface area (Å²) in [7, 11) is 1.74.